The fourth-order valence-corrected chi connectivity index (χ4v) is 5.18. The summed E-state index contributed by atoms with van der Waals surface area (Å²) >= 11 is 0. The van der Waals surface area contributed by atoms with Crippen molar-refractivity contribution < 1.29 is 9.13 Å². The zero-order valence-electron chi connectivity index (χ0n) is 16.4. The minimum atomic E-state index is -0.119. The quantitative estimate of drug-likeness (QED) is 0.376. The first-order chi connectivity index (χ1) is 12.7. The van der Waals surface area contributed by atoms with Crippen molar-refractivity contribution in [2.45, 2.75) is 77.2 Å². The normalized spacial score (nSPS) is 29.5. The van der Waals surface area contributed by atoms with Gasteiger partial charge in [-0.05, 0) is 73.8 Å². The Bertz CT molecular complexity index is 566. The second kappa shape index (κ2) is 9.69. The lowest BCUT2D eigenvalue weighted by Gasteiger charge is -2.38. The zero-order valence-corrected chi connectivity index (χ0v) is 16.4. The molecule has 26 heavy (non-hydrogen) atoms. The molecule has 2 aliphatic rings. The molecule has 0 aliphatic heterocycles. The van der Waals surface area contributed by atoms with Crippen LogP contribution in [0, 0.1) is 23.6 Å². The van der Waals surface area contributed by atoms with E-state index in [-0.39, 0.29) is 5.82 Å². The van der Waals surface area contributed by atoms with Gasteiger partial charge in [-0.15, -0.1) is 6.58 Å². The molecule has 0 amide bonds. The molecule has 2 aliphatic carbocycles. The molecule has 144 valence electrons. The number of benzene rings is 1. The molecule has 0 atom stereocenters. The van der Waals surface area contributed by atoms with Crippen molar-refractivity contribution in [2.75, 3.05) is 6.61 Å². The molecule has 1 nitrogen and oxygen atoms in total. The summed E-state index contributed by atoms with van der Waals surface area (Å²) in [6, 6.07) is 5.78. The highest BCUT2D eigenvalue weighted by atomic mass is 19.1. The zero-order chi connectivity index (χ0) is 18.4. The van der Waals surface area contributed by atoms with Gasteiger partial charge in [0.25, 0.3) is 0 Å². The highest BCUT2D eigenvalue weighted by molar-refractivity contribution is 5.27. The van der Waals surface area contributed by atoms with E-state index in [1.165, 1.54) is 63.4 Å². The molecule has 1 aromatic carbocycles. The lowest BCUT2D eigenvalue weighted by Crippen LogP contribution is -2.25. The van der Waals surface area contributed by atoms with Gasteiger partial charge in [0, 0.05) is 5.56 Å². The lowest BCUT2D eigenvalue weighted by atomic mass is 9.68. The Morgan fingerprint density at radius 1 is 1.04 bits per heavy atom. The van der Waals surface area contributed by atoms with Gasteiger partial charge in [0.05, 0.1) is 13.2 Å². The van der Waals surface area contributed by atoms with Gasteiger partial charge < -0.3 is 4.74 Å². The van der Waals surface area contributed by atoms with Gasteiger partial charge in [0.2, 0.25) is 0 Å². The molecule has 1 aromatic rings. The predicted molar refractivity (Wildman–Crippen MR) is 107 cm³/mol. The van der Waals surface area contributed by atoms with E-state index < -0.39 is 0 Å². The van der Waals surface area contributed by atoms with Crippen LogP contribution in [0.25, 0.3) is 0 Å². The van der Waals surface area contributed by atoms with Crippen LogP contribution in [-0.4, -0.2) is 6.61 Å². The van der Waals surface area contributed by atoms with Crippen molar-refractivity contribution in [1.82, 2.24) is 0 Å². The standard InChI is InChI=1S/C24H35FO/c1-3-15-26-17-23-14-13-22(16-24(23)25)21-11-9-20(10-12-21)19-7-5-18(4-2)6-8-19/h3,13-14,16,18-21H,1,4-12,15,17H2,2H3/t18-,19-,20?,21?. The maximum Gasteiger partial charge on any atom is 0.129 e. The van der Waals surface area contributed by atoms with Crippen LogP contribution >= 0.6 is 0 Å². The summed E-state index contributed by atoms with van der Waals surface area (Å²) in [6.45, 7) is 6.75. The lowest BCUT2D eigenvalue weighted by molar-refractivity contribution is 0.146. The van der Waals surface area contributed by atoms with Crippen molar-refractivity contribution in [3.63, 3.8) is 0 Å². The third-order valence-electron chi connectivity index (χ3n) is 6.95. The van der Waals surface area contributed by atoms with Crippen LogP contribution in [0.15, 0.2) is 30.9 Å². The van der Waals surface area contributed by atoms with E-state index in [0.717, 1.165) is 17.8 Å². The highest BCUT2D eigenvalue weighted by Gasteiger charge is 2.31. The average Bonchev–Trinajstić information content (AvgIpc) is 2.69. The Kier molecular flexibility index (Phi) is 7.31. The molecule has 3 rings (SSSR count). The van der Waals surface area contributed by atoms with Crippen molar-refractivity contribution >= 4 is 0 Å². The van der Waals surface area contributed by atoms with Gasteiger partial charge in [-0.25, -0.2) is 4.39 Å². The van der Waals surface area contributed by atoms with Crippen molar-refractivity contribution in [3.05, 3.63) is 47.8 Å². The minimum absolute atomic E-state index is 0.119. The number of ether oxygens (including phenoxy) is 1. The molecule has 2 heteroatoms. The molecule has 2 saturated carbocycles. The molecule has 0 heterocycles. The molecule has 0 N–H and O–H groups in total. The van der Waals surface area contributed by atoms with Gasteiger partial charge >= 0.3 is 0 Å². The maximum absolute atomic E-state index is 14.4. The SMILES string of the molecule is C=CCOCc1ccc(C2CCC([C@H]3CC[C@H](CC)CC3)CC2)cc1F. The van der Waals surface area contributed by atoms with Gasteiger partial charge in [-0.2, -0.15) is 0 Å². The van der Waals surface area contributed by atoms with Crippen LogP contribution < -0.4 is 0 Å². The van der Waals surface area contributed by atoms with Gasteiger partial charge in [0.15, 0.2) is 0 Å². The van der Waals surface area contributed by atoms with Crippen molar-refractivity contribution in [2.24, 2.45) is 17.8 Å². The Hall–Kier alpha value is -1.15. The summed E-state index contributed by atoms with van der Waals surface area (Å²) in [4.78, 5) is 0. The van der Waals surface area contributed by atoms with Crippen LogP contribution in [0.2, 0.25) is 0 Å². The first kappa shape index (κ1) is 19.6. The largest absolute Gasteiger partial charge is 0.373 e. The summed E-state index contributed by atoms with van der Waals surface area (Å²) in [5.74, 6) is 3.28. The van der Waals surface area contributed by atoms with E-state index in [1.807, 2.05) is 6.07 Å². The predicted octanol–water partition coefficient (Wildman–Crippen LogP) is 7.02. The molecule has 0 saturated heterocycles. The van der Waals surface area contributed by atoms with E-state index in [4.69, 9.17) is 4.74 Å². The molecule has 0 unspecified atom stereocenters. The van der Waals surface area contributed by atoms with Gasteiger partial charge in [0.1, 0.15) is 5.82 Å². The topological polar surface area (TPSA) is 9.23 Å². The maximum atomic E-state index is 14.4. The van der Waals surface area contributed by atoms with Crippen LogP contribution in [0.1, 0.15) is 81.8 Å². The van der Waals surface area contributed by atoms with Gasteiger partial charge in [-0.3, -0.25) is 0 Å². The van der Waals surface area contributed by atoms with E-state index in [9.17, 15) is 4.39 Å². The number of rotatable bonds is 7. The van der Waals surface area contributed by atoms with E-state index in [2.05, 4.69) is 19.6 Å². The molecular weight excluding hydrogens is 323 g/mol. The Labute approximate surface area is 159 Å². The average molecular weight is 359 g/mol. The molecule has 0 bridgehead atoms. The second-order valence-corrected chi connectivity index (χ2v) is 8.46. The minimum Gasteiger partial charge on any atom is -0.373 e. The molecule has 0 radical (unpaired) electrons. The van der Waals surface area contributed by atoms with E-state index in [0.29, 0.717) is 24.7 Å². The first-order valence-electron chi connectivity index (χ1n) is 10.7. The molecule has 0 aromatic heterocycles. The van der Waals surface area contributed by atoms with Gasteiger partial charge in [-0.1, -0.05) is 44.4 Å². The summed E-state index contributed by atoms with van der Waals surface area (Å²) in [6.07, 6.45) is 14.0. The molecule has 2 fully saturated rings. The van der Waals surface area contributed by atoms with Crippen LogP contribution in [0.4, 0.5) is 4.39 Å². The third-order valence-corrected chi connectivity index (χ3v) is 6.95. The second-order valence-electron chi connectivity index (χ2n) is 8.46. The Morgan fingerprint density at radius 3 is 2.27 bits per heavy atom. The molecular formula is C24H35FO. The molecule has 0 spiro atoms. The van der Waals surface area contributed by atoms with Crippen LogP contribution in [-0.2, 0) is 11.3 Å². The summed E-state index contributed by atoms with van der Waals surface area (Å²) in [7, 11) is 0. The smallest absolute Gasteiger partial charge is 0.129 e. The van der Waals surface area contributed by atoms with Crippen molar-refractivity contribution in [3.8, 4) is 0 Å². The Morgan fingerprint density at radius 2 is 1.69 bits per heavy atom. The fourth-order valence-electron chi connectivity index (χ4n) is 5.18. The summed E-state index contributed by atoms with van der Waals surface area (Å²) < 4.78 is 19.7. The number of hydrogen-bond donors (Lipinski definition) is 0. The Balaban J connectivity index is 1.50. The first-order valence-corrected chi connectivity index (χ1v) is 10.7. The fraction of sp³-hybridized carbons (Fsp3) is 0.667. The summed E-state index contributed by atoms with van der Waals surface area (Å²) in [5, 5.41) is 0. The van der Waals surface area contributed by atoms with E-state index >= 15 is 0 Å². The summed E-state index contributed by atoms with van der Waals surface area (Å²) in [5.41, 5.74) is 1.83. The van der Waals surface area contributed by atoms with Crippen molar-refractivity contribution in [1.29, 1.82) is 0 Å². The third kappa shape index (κ3) is 4.97. The monoisotopic (exact) mass is 358 g/mol. The number of halogens is 1. The van der Waals surface area contributed by atoms with Crippen LogP contribution in [0.5, 0.6) is 0 Å². The van der Waals surface area contributed by atoms with Crippen LogP contribution in [0.3, 0.4) is 0 Å². The van der Waals surface area contributed by atoms with E-state index in [1.54, 1.807) is 12.1 Å². The highest BCUT2D eigenvalue weighted by Crippen LogP contribution is 2.44. The number of hydrogen-bond acceptors (Lipinski definition) is 1.